The molecule has 2 fully saturated rings. The molecule has 1 saturated carbocycles. The Bertz CT molecular complexity index is 639. The number of hydrogen-bond donors (Lipinski definition) is 1. The van der Waals surface area contributed by atoms with Gasteiger partial charge in [0.2, 0.25) is 0 Å². The minimum atomic E-state index is -2.88. The molecule has 2 N–H and O–H groups in total. The summed E-state index contributed by atoms with van der Waals surface area (Å²) in [6.45, 7) is 1.01. The summed E-state index contributed by atoms with van der Waals surface area (Å²) in [7, 11) is -2.88. The van der Waals surface area contributed by atoms with E-state index < -0.39 is 9.84 Å². The van der Waals surface area contributed by atoms with Crippen LogP contribution >= 0.6 is 11.3 Å². The van der Waals surface area contributed by atoms with Crippen LogP contribution in [0.25, 0.3) is 0 Å². The smallest absolute Gasteiger partial charge is 0.153 e. The first-order chi connectivity index (χ1) is 9.02. The van der Waals surface area contributed by atoms with Crippen LogP contribution in [-0.4, -0.2) is 33.0 Å². The second kappa shape index (κ2) is 4.39. The predicted molar refractivity (Wildman–Crippen MR) is 76.3 cm³/mol. The Morgan fingerprint density at radius 3 is 2.47 bits per heavy atom. The maximum absolute atomic E-state index is 11.5. The standard InChI is InChI=1S/C12H15N3O2S2/c13-7-9-11(14)10(8-1-2-8)12(18-9)15-3-5-19(16,17)6-4-15/h8H,1-6,14H2. The summed E-state index contributed by atoms with van der Waals surface area (Å²) >= 11 is 1.41. The average molecular weight is 297 g/mol. The molecule has 102 valence electrons. The van der Waals surface area contributed by atoms with E-state index in [1.165, 1.54) is 11.3 Å². The molecular formula is C12H15N3O2S2. The van der Waals surface area contributed by atoms with Gasteiger partial charge in [0.25, 0.3) is 0 Å². The van der Waals surface area contributed by atoms with Crippen LogP contribution < -0.4 is 10.6 Å². The summed E-state index contributed by atoms with van der Waals surface area (Å²) in [6.07, 6.45) is 2.23. The highest BCUT2D eigenvalue weighted by Crippen LogP contribution is 2.51. The van der Waals surface area contributed by atoms with E-state index in [1.807, 2.05) is 0 Å². The lowest BCUT2D eigenvalue weighted by Gasteiger charge is -2.28. The minimum absolute atomic E-state index is 0.191. The monoisotopic (exact) mass is 297 g/mol. The van der Waals surface area contributed by atoms with Gasteiger partial charge in [-0.1, -0.05) is 0 Å². The van der Waals surface area contributed by atoms with Crippen molar-refractivity contribution in [2.75, 3.05) is 35.2 Å². The van der Waals surface area contributed by atoms with Crippen LogP contribution in [0.15, 0.2) is 0 Å². The van der Waals surface area contributed by atoms with Crippen LogP contribution in [0.4, 0.5) is 10.7 Å². The molecule has 1 saturated heterocycles. The molecule has 0 amide bonds. The first-order valence-electron chi connectivity index (χ1n) is 6.29. The van der Waals surface area contributed by atoms with Gasteiger partial charge in [0.1, 0.15) is 10.9 Å². The number of nitrogens with zero attached hydrogens (tertiary/aromatic N) is 2. The van der Waals surface area contributed by atoms with Gasteiger partial charge in [0.15, 0.2) is 9.84 Å². The molecule has 7 heteroatoms. The van der Waals surface area contributed by atoms with Crippen LogP contribution in [-0.2, 0) is 9.84 Å². The third kappa shape index (κ3) is 2.30. The molecule has 2 heterocycles. The highest BCUT2D eigenvalue weighted by atomic mass is 32.2. The summed E-state index contributed by atoms with van der Waals surface area (Å²) in [6, 6.07) is 2.14. The number of anilines is 2. The molecule has 1 aromatic rings. The molecule has 1 aliphatic carbocycles. The zero-order valence-corrected chi connectivity index (χ0v) is 12.1. The minimum Gasteiger partial charge on any atom is -0.397 e. The van der Waals surface area contributed by atoms with E-state index in [0.29, 0.717) is 29.6 Å². The molecule has 2 aliphatic rings. The van der Waals surface area contributed by atoms with E-state index in [9.17, 15) is 8.42 Å². The lowest BCUT2D eigenvalue weighted by atomic mass is 10.1. The highest BCUT2D eigenvalue weighted by Gasteiger charge is 2.34. The second-order valence-electron chi connectivity index (χ2n) is 5.09. The van der Waals surface area contributed by atoms with Crippen molar-refractivity contribution in [3.05, 3.63) is 10.4 Å². The van der Waals surface area contributed by atoms with E-state index in [-0.39, 0.29) is 11.5 Å². The van der Waals surface area contributed by atoms with Gasteiger partial charge >= 0.3 is 0 Å². The van der Waals surface area contributed by atoms with Crippen LogP contribution in [0.3, 0.4) is 0 Å². The quantitative estimate of drug-likeness (QED) is 0.889. The van der Waals surface area contributed by atoms with Crippen molar-refractivity contribution in [3.63, 3.8) is 0 Å². The molecule has 3 rings (SSSR count). The number of hydrogen-bond acceptors (Lipinski definition) is 6. The van der Waals surface area contributed by atoms with E-state index >= 15 is 0 Å². The fourth-order valence-corrected chi connectivity index (χ4v) is 4.80. The topological polar surface area (TPSA) is 87.2 Å². The third-order valence-electron chi connectivity index (χ3n) is 3.68. The molecule has 19 heavy (non-hydrogen) atoms. The molecule has 0 bridgehead atoms. The number of sulfone groups is 1. The first kappa shape index (κ1) is 12.8. The van der Waals surface area contributed by atoms with Gasteiger partial charge in [-0.25, -0.2) is 8.42 Å². The normalized spacial score (nSPS) is 22.2. The van der Waals surface area contributed by atoms with Crippen molar-refractivity contribution in [2.45, 2.75) is 18.8 Å². The van der Waals surface area contributed by atoms with Gasteiger partial charge < -0.3 is 10.6 Å². The van der Waals surface area contributed by atoms with Crippen molar-refractivity contribution >= 4 is 31.9 Å². The van der Waals surface area contributed by atoms with Crippen molar-refractivity contribution in [1.29, 1.82) is 5.26 Å². The van der Waals surface area contributed by atoms with E-state index in [1.54, 1.807) is 0 Å². The van der Waals surface area contributed by atoms with Crippen molar-refractivity contribution < 1.29 is 8.42 Å². The van der Waals surface area contributed by atoms with E-state index in [0.717, 1.165) is 23.4 Å². The van der Waals surface area contributed by atoms with Gasteiger partial charge in [0.05, 0.1) is 22.2 Å². The zero-order valence-electron chi connectivity index (χ0n) is 10.4. The fraction of sp³-hybridized carbons (Fsp3) is 0.583. The van der Waals surface area contributed by atoms with Crippen molar-refractivity contribution in [1.82, 2.24) is 0 Å². The number of nitrogens with two attached hydrogens (primary N) is 1. The molecular weight excluding hydrogens is 282 g/mol. The summed E-state index contributed by atoms with van der Waals surface area (Å²) in [5.74, 6) is 0.847. The molecule has 5 nitrogen and oxygen atoms in total. The molecule has 1 aliphatic heterocycles. The number of thiophene rings is 1. The molecule has 0 spiro atoms. The van der Waals surface area contributed by atoms with Crippen molar-refractivity contribution in [2.24, 2.45) is 0 Å². The van der Waals surface area contributed by atoms with Gasteiger partial charge in [-0.2, -0.15) is 5.26 Å². The molecule has 0 radical (unpaired) electrons. The first-order valence-corrected chi connectivity index (χ1v) is 8.93. The molecule has 0 atom stereocenters. The summed E-state index contributed by atoms with van der Waals surface area (Å²) in [5.41, 5.74) is 7.75. The van der Waals surface area contributed by atoms with Crippen molar-refractivity contribution in [3.8, 4) is 6.07 Å². The second-order valence-corrected chi connectivity index (χ2v) is 8.39. The Kier molecular flexibility index (Phi) is 2.95. The molecule has 0 unspecified atom stereocenters. The molecule has 1 aromatic heterocycles. The number of nitriles is 1. The third-order valence-corrected chi connectivity index (χ3v) is 6.48. The Morgan fingerprint density at radius 2 is 1.95 bits per heavy atom. The van der Waals surface area contributed by atoms with Gasteiger partial charge in [-0.05, 0) is 18.8 Å². The predicted octanol–water partition coefficient (Wildman–Crippen LogP) is 1.31. The summed E-state index contributed by atoms with van der Waals surface area (Å²) in [5, 5.41) is 10.1. The molecule has 0 aromatic carbocycles. The number of rotatable bonds is 2. The van der Waals surface area contributed by atoms with Gasteiger partial charge in [-0.3, -0.25) is 0 Å². The largest absolute Gasteiger partial charge is 0.397 e. The SMILES string of the molecule is N#Cc1sc(N2CCS(=O)(=O)CC2)c(C2CC2)c1N. The van der Waals surface area contributed by atoms with Gasteiger partial charge in [-0.15, -0.1) is 11.3 Å². The van der Waals surface area contributed by atoms with E-state index in [4.69, 9.17) is 11.0 Å². The zero-order chi connectivity index (χ0) is 13.6. The maximum Gasteiger partial charge on any atom is 0.153 e. The summed E-state index contributed by atoms with van der Waals surface area (Å²) in [4.78, 5) is 2.64. The van der Waals surface area contributed by atoms with Crippen LogP contribution in [0.5, 0.6) is 0 Å². The van der Waals surface area contributed by atoms with Gasteiger partial charge in [0, 0.05) is 18.7 Å². The Morgan fingerprint density at radius 1 is 1.32 bits per heavy atom. The summed E-state index contributed by atoms with van der Waals surface area (Å²) < 4.78 is 23.0. The Labute approximate surface area is 116 Å². The van der Waals surface area contributed by atoms with Crippen LogP contribution in [0.2, 0.25) is 0 Å². The Balaban J connectivity index is 1.95. The van der Waals surface area contributed by atoms with Crippen LogP contribution in [0.1, 0.15) is 29.2 Å². The van der Waals surface area contributed by atoms with E-state index in [2.05, 4.69) is 11.0 Å². The lowest BCUT2D eigenvalue weighted by molar-refractivity contribution is 0.587. The highest BCUT2D eigenvalue weighted by molar-refractivity contribution is 7.91. The maximum atomic E-state index is 11.5. The Hall–Kier alpha value is -1.26. The lowest BCUT2D eigenvalue weighted by Crippen LogP contribution is -2.40. The fourth-order valence-electron chi connectivity index (χ4n) is 2.44. The number of nitrogen functional groups attached to an aromatic ring is 1. The average Bonchev–Trinajstić information content (AvgIpc) is 3.14. The van der Waals surface area contributed by atoms with Crippen LogP contribution in [0, 0.1) is 11.3 Å².